The van der Waals surface area contributed by atoms with Crippen molar-refractivity contribution in [3.05, 3.63) is 29.3 Å². The molecular weight excluding hydrogens is 314 g/mol. The van der Waals surface area contributed by atoms with Crippen LogP contribution in [0.5, 0.6) is 5.75 Å². The molecule has 1 aromatic carbocycles. The van der Waals surface area contributed by atoms with E-state index in [9.17, 15) is 13.2 Å². The van der Waals surface area contributed by atoms with Gasteiger partial charge in [-0.25, -0.2) is 8.42 Å². The second-order valence-corrected chi connectivity index (χ2v) is 7.79. The highest BCUT2D eigenvalue weighted by Gasteiger charge is 2.27. The lowest BCUT2D eigenvalue weighted by atomic mass is 10.1. The Labute approximate surface area is 129 Å². The fraction of sp³-hybridized carbons (Fsp3) is 0.500. The molecule has 0 aliphatic carbocycles. The SMILES string of the molecule is O=C(CCOc1cccc(Cl)c1)NC[C@H]1CCS(=O)(=O)C1. The number of ether oxygens (including phenoxy) is 1. The molecule has 1 N–H and O–H groups in total. The van der Waals surface area contributed by atoms with Crippen molar-refractivity contribution in [1.82, 2.24) is 5.32 Å². The summed E-state index contributed by atoms with van der Waals surface area (Å²) in [6.45, 7) is 0.671. The van der Waals surface area contributed by atoms with Crippen LogP contribution in [0.15, 0.2) is 24.3 Å². The molecule has 0 aromatic heterocycles. The van der Waals surface area contributed by atoms with Crippen LogP contribution < -0.4 is 10.1 Å². The quantitative estimate of drug-likeness (QED) is 0.860. The van der Waals surface area contributed by atoms with E-state index in [1.165, 1.54) is 0 Å². The summed E-state index contributed by atoms with van der Waals surface area (Å²) in [5, 5.41) is 3.33. The molecule has 0 saturated carbocycles. The van der Waals surface area contributed by atoms with E-state index in [2.05, 4.69) is 5.32 Å². The van der Waals surface area contributed by atoms with Gasteiger partial charge in [0, 0.05) is 11.6 Å². The van der Waals surface area contributed by atoms with Gasteiger partial charge in [0.05, 0.1) is 24.5 Å². The maximum atomic E-state index is 11.7. The summed E-state index contributed by atoms with van der Waals surface area (Å²) in [5.41, 5.74) is 0. The standard InChI is InChI=1S/C14H18ClNO4S/c15-12-2-1-3-13(8-12)20-6-4-14(17)16-9-11-5-7-21(18,19)10-11/h1-3,8,11H,4-7,9-10H2,(H,16,17)/t11-/m1/s1. The number of amides is 1. The van der Waals surface area contributed by atoms with Crippen LogP contribution >= 0.6 is 11.6 Å². The minimum atomic E-state index is -2.89. The lowest BCUT2D eigenvalue weighted by Crippen LogP contribution is -2.30. The van der Waals surface area contributed by atoms with E-state index < -0.39 is 9.84 Å². The third-order valence-electron chi connectivity index (χ3n) is 3.31. The molecule has 1 aliphatic heterocycles. The van der Waals surface area contributed by atoms with Crippen LogP contribution in [0.25, 0.3) is 0 Å². The first-order chi connectivity index (χ1) is 9.94. The van der Waals surface area contributed by atoms with E-state index in [0.717, 1.165) is 0 Å². The third kappa shape index (κ3) is 5.55. The number of carbonyl (C=O) groups is 1. The van der Waals surface area contributed by atoms with Gasteiger partial charge in [0.2, 0.25) is 5.91 Å². The van der Waals surface area contributed by atoms with Crippen LogP contribution in [0, 0.1) is 5.92 Å². The Bertz CT molecular complexity index is 603. The van der Waals surface area contributed by atoms with E-state index in [4.69, 9.17) is 16.3 Å². The van der Waals surface area contributed by atoms with E-state index in [0.29, 0.717) is 23.7 Å². The van der Waals surface area contributed by atoms with Gasteiger partial charge < -0.3 is 10.1 Å². The second-order valence-electron chi connectivity index (χ2n) is 5.13. The number of hydrogen-bond acceptors (Lipinski definition) is 4. The molecule has 0 unspecified atom stereocenters. The summed E-state index contributed by atoms with van der Waals surface area (Å²) < 4.78 is 28.0. The highest BCUT2D eigenvalue weighted by Crippen LogP contribution is 2.18. The first-order valence-corrected chi connectivity index (χ1v) is 9.00. The molecule has 0 bridgehead atoms. The maximum absolute atomic E-state index is 11.7. The Morgan fingerprint density at radius 3 is 2.90 bits per heavy atom. The third-order valence-corrected chi connectivity index (χ3v) is 5.38. The largest absolute Gasteiger partial charge is 0.493 e. The number of sulfone groups is 1. The number of rotatable bonds is 6. The van der Waals surface area contributed by atoms with Gasteiger partial charge in [0.15, 0.2) is 9.84 Å². The molecule has 1 amide bonds. The van der Waals surface area contributed by atoms with Crippen LogP contribution in [0.3, 0.4) is 0 Å². The summed E-state index contributed by atoms with van der Waals surface area (Å²) in [7, 11) is -2.89. The molecule has 0 radical (unpaired) electrons. The van der Waals surface area contributed by atoms with Crippen LogP contribution in [0.4, 0.5) is 0 Å². The highest BCUT2D eigenvalue weighted by atomic mass is 35.5. The Morgan fingerprint density at radius 1 is 1.43 bits per heavy atom. The molecule has 1 fully saturated rings. The van der Waals surface area contributed by atoms with E-state index in [-0.39, 0.29) is 36.4 Å². The minimum Gasteiger partial charge on any atom is -0.493 e. The Morgan fingerprint density at radius 2 is 2.24 bits per heavy atom. The zero-order valence-electron chi connectivity index (χ0n) is 11.5. The Hall–Kier alpha value is -1.27. The molecule has 21 heavy (non-hydrogen) atoms. The van der Waals surface area contributed by atoms with Crippen LogP contribution in [0.1, 0.15) is 12.8 Å². The number of benzene rings is 1. The van der Waals surface area contributed by atoms with Crippen molar-refractivity contribution in [2.75, 3.05) is 24.7 Å². The summed E-state index contributed by atoms with van der Waals surface area (Å²) >= 11 is 5.82. The van der Waals surface area contributed by atoms with Gasteiger partial charge in [-0.1, -0.05) is 17.7 Å². The maximum Gasteiger partial charge on any atom is 0.223 e. The number of hydrogen-bond donors (Lipinski definition) is 1. The van der Waals surface area contributed by atoms with Crippen molar-refractivity contribution in [3.63, 3.8) is 0 Å². The zero-order chi connectivity index (χ0) is 15.3. The molecule has 116 valence electrons. The van der Waals surface area contributed by atoms with E-state index in [1.807, 2.05) is 0 Å². The smallest absolute Gasteiger partial charge is 0.223 e. The molecule has 0 spiro atoms. The molecule has 1 saturated heterocycles. The molecule has 1 aromatic rings. The molecule has 7 heteroatoms. The van der Waals surface area contributed by atoms with Gasteiger partial charge in [0.25, 0.3) is 0 Å². The lowest BCUT2D eigenvalue weighted by molar-refractivity contribution is -0.121. The average Bonchev–Trinajstić information content (AvgIpc) is 2.76. The van der Waals surface area contributed by atoms with Gasteiger partial charge in [-0.15, -0.1) is 0 Å². The molecular formula is C14H18ClNO4S. The predicted octanol–water partition coefficient (Wildman–Crippen LogP) is 1.66. The average molecular weight is 332 g/mol. The van der Waals surface area contributed by atoms with Crippen molar-refractivity contribution in [1.29, 1.82) is 0 Å². The van der Waals surface area contributed by atoms with Crippen molar-refractivity contribution in [2.45, 2.75) is 12.8 Å². The van der Waals surface area contributed by atoms with Gasteiger partial charge in [-0.2, -0.15) is 0 Å². The Kier molecular flexibility index (Phi) is 5.47. The monoisotopic (exact) mass is 331 g/mol. The predicted molar refractivity (Wildman–Crippen MR) is 81.3 cm³/mol. The number of nitrogens with one attached hydrogen (secondary N) is 1. The Balaban J connectivity index is 1.64. The highest BCUT2D eigenvalue weighted by molar-refractivity contribution is 7.91. The molecule has 1 atom stereocenters. The van der Waals surface area contributed by atoms with Crippen molar-refractivity contribution in [3.8, 4) is 5.75 Å². The summed E-state index contributed by atoms with van der Waals surface area (Å²) in [6.07, 6.45) is 0.855. The van der Waals surface area contributed by atoms with Crippen LogP contribution in [-0.4, -0.2) is 39.0 Å². The van der Waals surface area contributed by atoms with Crippen LogP contribution in [0.2, 0.25) is 5.02 Å². The summed E-state index contributed by atoms with van der Waals surface area (Å²) in [6, 6.07) is 6.98. The van der Waals surface area contributed by atoms with E-state index >= 15 is 0 Å². The summed E-state index contributed by atoms with van der Waals surface area (Å²) in [5.74, 6) is 0.920. The van der Waals surface area contributed by atoms with E-state index in [1.54, 1.807) is 24.3 Å². The minimum absolute atomic E-state index is 0.0350. The second kappa shape index (κ2) is 7.13. The molecule has 2 rings (SSSR count). The lowest BCUT2D eigenvalue weighted by Gasteiger charge is -2.10. The topological polar surface area (TPSA) is 72.5 Å². The number of halogens is 1. The molecule has 1 aliphatic rings. The van der Waals surface area contributed by atoms with Crippen molar-refractivity contribution >= 4 is 27.3 Å². The fourth-order valence-electron chi connectivity index (χ4n) is 2.20. The van der Waals surface area contributed by atoms with Gasteiger partial charge in [0.1, 0.15) is 5.75 Å². The number of carbonyl (C=O) groups excluding carboxylic acids is 1. The molecule has 1 heterocycles. The zero-order valence-corrected chi connectivity index (χ0v) is 13.1. The first kappa shape index (κ1) is 16.1. The molecule has 5 nitrogen and oxygen atoms in total. The normalized spacial score (nSPS) is 20.1. The first-order valence-electron chi connectivity index (χ1n) is 6.80. The van der Waals surface area contributed by atoms with Gasteiger partial charge in [-0.05, 0) is 30.5 Å². The van der Waals surface area contributed by atoms with Gasteiger partial charge >= 0.3 is 0 Å². The fourth-order valence-corrected chi connectivity index (χ4v) is 4.24. The van der Waals surface area contributed by atoms with Crippen molar-refractivity contribution < 1.29 is 17.9 Å². The summed E-state index contributed by atoms with van der Waals surface area (Å²) in [4.78, 5) is 11.7. The van der Waals surface area contributed by atoms with Crippen LogP contribution in [-0.2, 0) is 14.6 Å². The van der Waals surface area contributed by atoms with Gasteiger partial charge in [-0.3, -0.25) is 4.79 Å². The van der Waals surface area contributed by atoms with Crippen molar-refractivity contribution in [2.24, 2.45) is 5.92 Å².